The van der Waals surface area contributed by atoms with Crippen molar-refractivity contribution in [1.82, 2.24) is 10.3 Å². The van der Waals surface area contributed by atoms with Crippen molar-refractivity contribution in [3.63, 3.8) is 0 Å². The molecule has 0 saturated heterocycles. The summed E-state index contributed by atoms with van der Waals surface area (Å²) in [7, 11) is 0. The number of aromatic nitrogens is 1. The van der Waals surface area contributed by atoms with Crippen molar-refractivity contribution in [1.29, 1.82) is 0 Å². The Morgan fingerprint density at radius 2 is 1.89 bits per heavy atom. The zero-order valence-corrected chi connectivity index (χ0v) is 10.6. The van der Waals surface area contributed by atoms with Crippen molar-refractivity contribution in [2.24, 2.45) is 5.73 Å². The molecule has 4 nitrogen and oxygen atoms in total. The van der Waals surface area contributed by atoms with Gasteiger partial charge in [0.25, 0.3) is 0 Å². The number of nitrogens with one attached hydrogen (secondary N) is 1. The molecule has 0 radical (unpaired) electrons. The number of carbonyl (C=O) groups excluding carboxylic acids is 1. The Morgan fingerprint density at radius 1 is 1.16 bits per heavy atom. The first-order chi connectivity index (χ1) is 9.27. The Kier molecular flexibility index (Phi) is 4.64. The minimum atomic E-state index is -0.620. The fourth-order valence-corrected chi connectivity index (χ4v) is 1.78. The van der Waals surface area contributed by atoms with Gasteiger partial charge in [-0.2, -0.15) is 0 Å². The van der Waals surface area contributed by atoms with Crippen LogP contribution in [0, 0.1) is 0 Å². The first kappa shape index (κ1) is 13.2. The molecule has 4 heteroatoms. The smallest absolute Gasteiger partial charge is 0.241 e. The molecule has 1 aromatic heterocycles. The molecule has 0 fully saturated rings. The maximum absolute atomic E-state index is 11.9. The quantitative estimate of drug-likeness (QED) is 0.849. The first-order valence-corrected chi connectivity index (χ1v) is 6.25. The van der Waals surface area contributed by atoms with Crippen LogP contribution in [0.2, 0.25) is 0 Å². The van der Waals surface area contributed by atoms with Crippen LogP contribution in [-0.2, 0) is 11.2 Å². The fraction of sp³-hybridized carbons (Fsp3) is 0.200. The summed E-state index contributed by atoms with van der Waals surface area (Å²) in [5.41, 5.74) is 7.66. The molecule has 19 heavy (non-hydrogen) atoms. The standard InChI is InChI=1S/C15H17N3O/c16-14(12-6-2-1-3-7-12)15(19)18-11-9-13-8-4-5-10-17-13/h1-8,10,14H,9,11,16H2,(H,18,19)/t14-/m0/s1. The van der Waals surface area contributed by atoms with Gasteiger partial charge in [0.15, 0.2) is 0 Å². The van der Waals surface area contributed by atoms with Crippen LogP contribution in [0.25, 0.3) is 0 Å². The van der Waals surface area contributed by atoms with Crippen molar-refractivity contribution >= 4 is 5.91 Å². The van der Waals surface area contributed by atoms with Crippen LogP contribution in [0.5, 0.6) is 0 Å². The number of hydrogen-bond donors (Lipinski definition) is 2. The van der Waals surface area contributed by atoms with Crippen LogP contribution in [0.1, 0.15) is 17.3 Å². The molecule has 0 saturated carbocycles. The molecule has 3 N–H and O–H groups in total. The van der Waals surface area contributed by atoms with Crippen LogP contribution < -0.4 is 11.1 Å². The monoisotopic (exact) mass is 255 g/mol. The Bertz CT molecular complexity index is 513. The summed E-state index contributed by atoms with van der Waals surface area (Å²) in [6.07, 6.45) is 2.45. The SMILES string of the molecule is N[C@H](C(=O)NCCc1ccccn1)c1ccccc1. The lowest BCUT2D eigenvalue weighted by molar-refractivity contribution is -0.122. The maximum atomic E-state index is 11.9. The normalized spacial score (nSPS) is 11.8. The van der Waals surface area contributed by atoms with E-state index in [0.717, 1.165) is 11.3 Å². The van der Waals surface area contributed by atoms with Crippen molar-refractivity contribution in [3.8, 4) is 0 Å². The lowest BCUT2D eigenvalue weighted by Crippen LogP contribution is -2.35. The third-order valence-corrected chi connectivity index (χ3v) is 2.85. The number of nitrogens with two attached hydrogens (primary N) is 1. The number of nitrogens with zero attached hydrogens (tertiary/aromatic N) is 1. The topological polar surface area (TPSA) is 68.0 Å². The van der Waals surface area contributed by atoms with E-state index in [2.05, 4.69) is 10.3 Å². The van der Waals surface area contributed by atoms with Crippen molar-refractivity contribution in [2.45, 2.75) is 12.5 Å². The van der Waals surface area contributed by atoms with E-state index in [0.29, 0.717) is 13.0 Å². The minimum Gasteiger partial charge on any atom is -0.354 e. The highest BCUT2D eigenvalue weighted by atomic mass is 16.2. The Morgan fingerprint density at radius 3 is 2.58 bits per heavy atom. The molecule has 0 aliphatic heterocycles. The zero-order chi connectivity index (χ0) is 13.5. The summed E-state index contributed by atoms with van der Waals surface area (Å²) in [5.74, 6) is -0.165. The third kappa shape index (κ3) is 3.89. The van der Waals surface area contributed by atoms with Gasteiger partial charge in [-0.15, -0.1) is 0 Å². The highest BCUT2D eigenvalue weighted by Gasteiger charge is 2.14. The van der Waals surface area contributed by atoms with Gasteiger partial charge in [0.2, 0.25) is 5.91 Å². The van der Waals surface area contributed by atoms with Crippen LogP contribution >= 0.6 is 0 Å². The number of amides is 1. The van der Waals surface area contributed by atoms with Crippen LogP contribution in [0.3, 0.4) is 0 Å². The lowest BCUT2D eigenvalue weighted by atomic mass is 10.1. The summed E-state index contributed by atoms with van der Waals surface area (Å²) in [6, 6.07) is 14.5. The molecule has 1 aromatic carbocycles. The summed E-state index contributed by atoms with van der Waals surface area (Å²) in [6.45, 7) is 0.538. The molecular weight excluding hydrogens is 238 g/mol. The third-order valence-electron chi connectivity index (χ3n) is 2.85. The second-order valence-corrected chi connectivity index (χ2v) is 4.25. The predicted octanol–water partition coefficient (Wildman–Crippen LogP) is 1.44. The van der Waals surface area contributed by atoms with Gasteiger partial charge in [-0.25, -0.2) is 0 Å². The van der Waals surface area contributed by atoms with Crippen molar-refractivity contribution in [2.75, 3.05) is 6.54 Å². The molecule has 0 aliphatic rings. The summed E-state index contributed by atoms with van der Waals surface area (Å²) < 4.78 is 0. The number of rotatable bonds is 5. The molecule has 1 atom stereocenters. The van der Waals surface area contributed by atoms with E-state index in [1.54, 1.807) is 6.20 Å². The molecule has 98 valence electrons. The average Bonchev–Trinajstić information content (AvgIpc) is 2.48. The van der Waals surface area contributed by atoms with Gasteiger partial charge >= 0.3 is 0 Å². The van der Waals surface area contributed by atoms with E-state index < -0.39 is 6.04 Å². The maximum Gasteiger partial charge on any atom is 0.241 e. The van der Waals surface area contributed by atoms with Crippen molar-refractivity contribution in [3.05, 3.63) is 66.0 Å². The van der Waals surface area contributed by atoms with Gasteiger partial charge < -0.3 is 11.1 Å². The van der Waals surface area contributed by atoms with Crippen LogP contribution in [-0.4, -0.2) is 17.4 Å². The van der Waals surface area contributed by atoms with Gasteiger partial charge in [-0.05, 0) is 17.7 Å². The second kappa shape index (κ2) is 6.66. The van der Waals surface area contributed by atoms with E-state index in [4.69, 9.17) is 5.73 Å². The fourth-order valence-electron chi connectivity index (χ4n) is 1.78. The molecule has 0 spiro atoms. The predicted molar refractivity (Wildman–Crippen MR) is 74.3 cm³/mol. The van der Waals surface area contributed by atoms with Gasteiger partial charge in [0.1, 0.15) is 6.04 Å². The number of hydrogen-bond acceptors (Lipinski definition) is 3. The molecule has 0 bridgehead atoms. The number of pyridine rings is 1. The zero-order valence-electron chi connectivity index (χ0n) is 10.6. The number of benzene rings is 1. The molecule has 0 aliphatic carbocycles. The molecule has 0 unspecified atom stereocenters. The van der Waals surface area contributed by atoms with E-state index in [1.165, 1.54) is 0 Å². The lowest BCUT2D eigenvalue weighted by Gasteiger charge is -2.12. The van der Waals surface area contributed by atoms with Crippen molar-refractivity contribution < 1.29 is 4.79 Å². The van der Waals surface area contributed by atoms with E-state index in [9.17, 15) is 4.79 Å². The molecule has 1 amide bonds. The highest BCUT2D eigenvalue weighted by Crippen LogP contribution is 2.09. The molecule has 2 aromatic rings. The Balaban J connectivity index is 1.82. The summed E-state index contributed by atoms with van der Waals surface area (Å²) in [5, 5.41) is 2.83. The molecule has 2 rings (SSSR count). The minimum absolute atomic E-state index is 0.165. The van der Waals surface area contributed by atoms with E-state index >= 15 is 0 Å². The van der Waals surface area contributed by atoms with Gasteiger partial charge in [0.05, 0.1) is 0 Å². The van der Waals surface area contributed by atoms with E-state index in [-0.39, 0.29) is 5.91 Å². The second-order valence-electron chi connectivity index (χ2n) is 4.25. The summed E-state index contributed by atoms with van der Waals surface area (Å²) >= 11 is 0. The molecule has 1 heterocycles. The van der Waals surface area contributed by atoms with Crippen LogP contribution in [0.4, 0.5) is 0 Å². The Hall–Kier alpha value is -2.20. The van der Waals surface area contributed by atoms with Gasteiger partial charge in [-0.1, -0.05) is 36.4 Å². The van der Waals surface area contributed by atoms with Gasteiger partial charge in [-0.3, -0.25) is 9.78 Å². The van der Waals surface area contributed by atoms with E-state index in [1.807, 2.05) is 48.5 Å². The Labute approximate surface area is 112 Å². The molecular formula is C15H17N3O. The average molecular weight is 255 g/mol. The number of carbonyl (C=O) groups is 1. The van der Waals surface area contributed by atoms with Crippen LogP contribution in [0.15, 0.2) is 54.7 Å². The first-order valence-electron chi connectivity index (χ1n) is 6.25. The van der Waals surface area contributed by atoms with Gasteiger partial charge in [0, 0.05) is 24.9 Å². The highest BCUT2D eigenvalue weighted by molar-refractivity contribution is 5.82. The summed E-state index contributed by atoms with van der Waals surface area (Å²) in [4.78, 5) is 16.1. The largest absolute Gasteiger partial charge is 0.354 e.